The number of halogens is 2. The van der Waals surface area contributed by atoms with Crippen molar-refractivity contribution in [1.29, 1.82) is 5.26 Å². The van der Waals surface area contributed by atoms with Crippen LogP contribution in [0.15, 0.2) is 18.2 Å². The van der Waals surface area contributed by atoms with E-state index in [2.05, 4.69) is 10.6 Å². The van der Waals surface area contributed by atoms with Gasteiger partial charge in [-0.3, -0.25) is 4.79 Å². The number of nitrogens with one attached hydrogen (secondary N) is 2. The lowest BCUT2D eigenvalue weighted by Gasteiger charge is -2.07. The van der Waals surface area contributed by atoms with Crippen molar-refractivity contribution in [2.45, 2.75) is 0 Å². The van der Waals surface area contributed by atoms with E-state index in [1.165, 1.54) is 12.1 Å². The standard InChI is InChI=1S/C10H9ClFN3O/c11-8-5-7(12)1-2-9(8)15-6-10(16)14-4-3-13/h1-2,5,15H,4,6H2,(H,14,16). The molecule has 0 aliphatic carbocycles. The molecule has 0 unspecified atom stereocenters. The van der Waals surface area contributed by atoms with Gasteiger partial charge in [-0.2, -0.15) is 5.26 Å². The van der Waals surface area contributed by atoms with Crippen molar-refractivity contribution in [3.63, 3.8) is 0 Å². The molecule has 2 N–H and O–H groups in total. The highest BCUT2D eigenvalue weighted by Gasteiger charge is 2.04. The first-order chi connectivity index (χ1) is 7.63. The summed E-state index contributed by atoms with van der Waals surface area (Å²) in [5.74, 6) is -0.772. The zero-order valence-corrected chi connectivity index (χ0v) is 9.01. The molecular weight excluding hydrogens is 233 g/mol. The topological polar surface area (TPSA) is 64.9 Å². The molecule has 0 bridgehead atoms. The van der Waals surface area contributed by atoms with Crippen LogP contribution in [-0.2, 0) is 4.79 Å². The maximum Gasteiger partial charge on any atom is 0.240 e. The molecule has 0 aliphatic heterocycles. The summed E-state index contributed by atoms with van der Waals surface area (Å²) in [5.41, 5.74) is 0.468. The van der Waals surface area contributed by atoms with Crippen LogP contribution in [-0.4, -0.2) is 19.0 Å². The van der Waals surface area contributed by atoms with Gasteiger partial charge in [-0.1, -0.05) is 11.6 Å². The van der Waals surface area contributed by atoms with Crippen LogP contribution in [0.2, 0.25) is 5.02 Å². The van der Waals surface area contributed by atoms with Crippen molar-refractivity contribution in [3.05, 3.63) is 29.0 Å². The number of hydrogen-bond acceptors (Lipinski definition) is 3. The predicted octanol–water partition coefficient (Wildman–Crippen LogP) is 1.53. The summed E-state index contributed by atoms with van der Waals surface area (Å²) in [6.45, 7) is -0.0648. The van der Waals surface area contributed by atoms with E-state index in [4.69, 9.17) is 16.9 Å². The Morgan fingerprint density at radius 1 is 1.56 bits per heavy atom. The van der Waals surface area contributed by atoms with Crippen molar-refractivity contribution < 1.29 is 9.18 Å². The van der Waals surface area contributed by atoms with Gasteiger partial charge < -0.3 is 10.6 Å². The average molecular weight is 242 g/mol. The van der Waals surface area contributed by atoms with E-state index in [1.54, 1.807) is 6.07 Å². The van der Waals surface area contributed by atoms with Gasteiger partial charge in [0.1, 0.15) is 12.4 Å². The summed E-state index contributed by atoms with van der Waals surface area (Å²) in [7, 11) is 0. The third kappa shape index (κ3) is 3.75. The minimum Gasteiger partial charge on any atom is -0.375 e. The number of amides is 1. The van der Waals surface area contributed by atoms with Gasteiger partial charge in [0.25, 0.3) is 0 Å². The van der Waals surface area contributed by atoms with Crippen molar-refractivity contribution in [2.24, 2.45) is 0 Å². The molecule has 0 aromatic heterocycles. The lowest BCUT2D eigenvalue weighted by molar-refractivity contribution is -0.119. The number of nitriles is 1. The van der Waals surface area contributed by atoms with E-state index in [-0.39, 0.29) is 24.0 Å². The third-order valence-electron chi connectivity index (χ3n) is 1.74. The largest absolute Gasteiger partial charge is 0.375 e. The normalized spacial score (nSPS) is 9.31. The van der Waals surface area contributed by atoms with E-state index in [1.807, 2.05) is 0 Å². The number of anilines is 1. The van der Waals surface area contributed by atoms with Crippen LogP contribution < -0.4 is 10.6 Å². The highest BCUT2D eigenvalue weighted by atomic mass is 35.5. The maximum atomic E-state index is 12.7. The molecule has 4 nitrogen and oxygen atoms in total. The second kappa shape index (κ2) is 5.93. The molecule has 1 aromatic carbocycles. The van der Waals surface area contributed by atoms with Gasteiger partial charge in [-0.05, 0) is 18.2 Å². The molecule has 6 heteroatoms. The van der Waals surface area contributed by atoms with Crippen molar-refractivity contribution in [3.8, 4) is 6.07 Å². The molecule has 0 fully saturated rings. The Morgan fingerprint density at radius 2 is 2.31 bits per heavy atom. The molecule has 0 aliphatic rings. The summed E-state index contributed by atoms with van der Waals surface area (Å²) >= 11 is 5.73. The zero-order valence-electron chi connectivity index (χ0n) is 8.26. The Bertz CT molecular complexity index is 431. The lowest BCUT2D eigenvalue weighted by Crippen LogP contribution is -2.30. The first-order valence-electron chi connectivity index (χ1n) is 4.46. The van der Waals surface area contributed by atoms with E-state index in [9.17, 15) is 9.18 Å². The van der Waals surface area contributed by atoms with Crippen LogP contribution in [0, 0.1) is 17.1 Å². The fourth-order valence-corrected chi connectivity index (χ4v) is 1.24. The van der Waals surface area contributed by atoms with E-state index in [0.29, 0.717) is 5.69 Å². The maximum absolute atomic E-state index is 12.7. The number of nitrogens with zero attached hydrogens (tertiary/aromatic N) is 1. The quantitative estimate of drug-likeness (QED) is 0.786. The van der Waals surface area contributed by atoms with Crippen LogP contribution in [0.5, 0.6) is 0 Å². The van der Waals surface area contributed by atoms with Gasteiger partial charge in [0, 0.05) is 0 Å². The van der Waals surface area contributed by atoms with Crippen LogP contribution in [0.3, 0.4) is 0 Å². The van der Waals surface area contributed by atoms with Gasteiger partial charge in [0.15, 0.2) is 0 Å². The van der Waals surface area contributed by atoms with Crippen LogP contribution in [0.1, 0.15) is 0 Å². The molecule has 0 spiro atoms. The molecule has 0 heterocycles. The number of benzene rings is 1. The molecule has 1 rings (SSSR count). The van der Waals surface area contributed by atoms with Gasteiger partial charge in [-0.15, -0.1) is 0 Å². The Labute approximate surface area is 97.0 Å². The first-order valence-corrected chi connectivity index (χ1v) is 4.84. The van der Waals surface area contributed by atoms with Crippen LogP contribution in [0.25, 0.3) is 0 Å². The summed E-state index contributed by atoms with van der Waals surface area (Å²) in [6.07, 6.45) is 0. The van der Waals surface area contributed by atoms with Crippen LogP contribution >= 0.6 is 11.6 Å². The minimum atomic E-state index is -0.440. The minimum absolute atomic E-state index is 0.0208. The fourth-order valence-electron chi connectivity index (χ4n) is 1.01. The Morgan fingerprint density at radius 3 is 2.94 bits per heavy atom. The highest BCUT2D eigenvalue weighted by molar-refractivity contribution is 6.33. The van der Waals surface area contributed by atoms with Crippen molar-refractivity contribution in [1.82, 2.24) is 5.32 Å². The van der Waals surface area contributed by atoms with E-state index in [0.717, 1.165) is 6.07 Å². The molecule has 84 valence electrons. The van der Waals surface area contributed by atoms with Gasteiger partial charge >= 0.3 is 0 Å². The molecule has 0 saturated carbocycles. The third-order valence-corrected chi connectivity index (χ3v) is 2.05. The Balaban J connectivity index is 2.49. The highest BCUT2D eigenvalue weighted by Crippen LogP contribution is 2.21. The summed E-state index contributed by atoms with van der Waals surface area (Å²) in [6, 6.07) is 5.61. The van der Waals surface area contributed by atoms with Crippen LogP contribution in [0.4, 0.5) is 10.1 Å². The smallest absolute Gasteiger partial charge is 0.240 e. The molecular formula is C10H9ClFN3O. The second-order valence-corrected chi connectivity index (χ2v) is 3.32. The summed E-state index contributed by atoms with van der Waals surface area (Å²) < 4.78 is 12.7. The van der Waals surface area contributed by atoms with E-state index < -0.39 is 5.82 Å². The molecule has 0 radical (unpaired) electrons. The number of carbonyl (C=O) groups is 1. The number of hydrogen-bond donors (Lipinski definition) is 2. The second-order valence-electron chi connectivity index (χ2n) is 2.91. The molecule has 0 saturated heterocycles. The Kier molecular flexibility index (Phi) is 4.55. The summed E-state index contributed by atoms with van der Waals surface area (Å²) in [5, 5.41) is 13.5. The summed E-state index contributed by atoms with van der Waals surface area (Å²) in [4.78, 5) is 11.1. The molecule has 1 amide bonds. The predicted molar refractivity (Wildman–Crippen MR) is 58.5 cm³/mol. The number of carbonyl (C=O) groups excluding carboxylic acids is 1. The Hall–Kier alpha value is -1.80. The van der Waals surface area contributed by atoms with E-state index >= 15 is 0 Å². The fraction of sp³-hybridized carbons (Fsp3) is 0.200. The zero-order chi connectivity index (χ0) is 12.0. The SMILES string of the molecule is N#CCNC(=O)CNc1ccc(F)cc1Cl. The lowest BCUT2D eigenvalue weighted by atomic mass is 10.3. The molecule has 1 aromatic rings. The molecule has 16 heavy (non-hydrogen) atoms. The number of rotatable bonds is 4. The monoisotopic (exact) mass is 241 g/mol. The average Bonchev–Trinajstić information content (AvgIpc) is 2.25. The first kappa shape index (κ1) is 12.3. The molecule has 0 atom stereocenters. The van der Waals surface area contributed by atoms with Crippen molar-refractivity contribution in [2.75, 3.05) is 18.4 Å². The van der Waals surface area contributed by atoms with Crippen molar-refractivity contribution >= 4 is 23.2 Å². The van der Waals surface area contributed by atoms with Gasteiger partial charge in [0.05, 0.1) is 23.3 Å². The van der Waals surface area contributed by atoms with Gasteiger partial charge in [0.2, 0.25) is 5.91 Å². The van der Waals surface area contributed by atoms with Gasteiger partial charge in [-0.25, -0.2) is 4.39 Å².